The van der Waals surface area contributed by atoms with Gasteiger partial charge >= 0.3 is 0 Å². The van der Waals surface area contributed by atoms with Gasteiger partial charge in [-0.2, -0.15) is 0 Å². The molecule has 0 aliphatic heterocycles. The van der Waals surface area contributed by atoms with Crippen LogP contribution < -0.4 is 10.2 Å². The summed E-state index contributed by atoms with van der Waals surface area (Å²) in [5, 5.41) is 27.4. The third kappa shape index (κ3) is 2.03. The normalized spacial score (nSPS) is 11.6. The predicted octanol–water partition coefficient (Wildman–Crippen LogP) is 3.24. The second-order valence-corrected chi connectivity index (χ2v) is 6.12. The molecule has 2 aromatic carbocycles. The predicted molar refractivity (Wildman–Crippen MR) is 99.3 cm³/mol. The monoisotopic (exact) mass is 363 g/mol. The van der Waals surface area contributed by atoms with Crippen molar-refractivity contribution in [1.29, 1.82) is 0 Å². The Hall–Kier alpha value is -3.94. The van der Waals surface area contributed by atoms with Gasteiger partial charge in [-0.25, -0.2) is 4.98 Å². The van der Waals surface area contributed by atoms with E-state index >= 15 is 0 Å². The number of nitrogens with zero attached hydrogens (tertiary/aromatic N) is 1. The lowest BCUT2D eigenvalue weighted by Crippen LogP contribution is -1.95. The number of methoxy groups -OCH3 is 1. The Labute approximate surface area is 150 Å². The molecule has 0 bridgehead atoms. The van der Waals surface area contributed by atoms with E-state index in [-0.39, 0.29) is 11.3 Å². The lowest BCUT2D eigenvalue weighted by atomic mass is 10.0. The van der Waals surface area contributed by atoms with Crippen molar-refractivity contribution in [2.75, 3.05) is 7.11 Å². The Morgan fingerprint density at radius 1 is 1.11 bits per heavy atom. The number of pyridine rings is 1. The largest absolute Gasteiger partial charge is 0.504 e. The number of rotatable bonds is 2. The molecule has 0 saturated heterocycles. The number of hydrogen-bond donors (Lipinski definition) is 4. The molecule has 5 aromatic rings. The van der Waals surface area contributed by atoms with Gasteiger partial charge in [-0.15, -0.1) is 0 Å². The number of aromatic amines is 2. The van der Waals surface area contributed by atoms with E-state index in [1.165, 1.54) is 13.2 Å². The molecule has 8 heteroatoms. The quantitative estimate of drug-likeness (QED) is 0.382. The zero-order chi connectivity index (χ0) is 18.7. The molecule has 3 heterocycles. The molecule has 0 saturated carbocycles. The van der Waals surface area contributed by atoms with E-state index in [1.54, 1.807) is 30.5 Å². The number of hydrogen-bond acceptors (Lipinski definition) is 6. The van der Waals surface area contributed by atoms with Crippen molar-refractivity contribution in [2.45, 2.75) is 0 Å². The van der Waals surface area contributed by atoms with Gasteiger partial charge < -0.3 is 24.5 Å². The summed E-state index contributed by atoms with van der Waals surface area (Å²) in [5.41, 5.74) is 2.35. The number of aromatic nitrogens is 3. The topological polar surface area (TPSA) is 124 Å². The van der Waals surface area contributed by atoms with Crippen molar-refractivity contribution in [3.05, 3.63) is 46.8 Å². The van der Waals surface area contributed by atoms with Crippen LogP contribution in [0, 0.1) is 0 Å². The van der Waals surface area contributed by atoms with E-state index in [0.717, 1.165) is 5.39 Å². The number of aromatic hydroxyl groups is 2. The third-order valence-corrected chi connectivity index (χ3v) is 4.62. The Kier molecular flexibility index (Phi) is 3.00. The number of fused-ring (bicyclic) bond motifs is 4. The van der Waals surface area contributed by atoms with Crippen molar-refractivity contribution >= 4 is 33.1 Å². The fourth-order valence-electron chi connectivity index (χ4n) is 3.35. The average Bonchev–Trinajstić information content (AvgIpc) is 3.27. The molecule has 4 N–H and O–H groups in total. The molecule has 0 fully saturated rings. The molecule has 8 nitrogen and oxygen atoms in total. The van der Waals surface area contributed by atoms with Gasteiger partial charge in [0.05, 0.1) is 12.5 Å². The van der Waals surface area contributed by atoms with Gasteiger partial charge in [0, 0.05) is 17.1 Å². The molecule has 3 aromatic heterocycles. The molecule has 0 radical (unpaired) electrons. The first-order chi connectivity index (χ1) is 13.1. The summed E-state index contributed by atoms with van der Waals surface area (Å²) in [6.07, 6.45) is 1.73. The van der Waals surface area contributed by atoms with Crippen LogP contribution in [-0.4, -0.2) is 32.5 Å². The first kappa shape index (κ1) is 15.3. The van der Waals surface area contributed by atoms with Crippen molar-refractivity contribution in [3.8, 4) is 28.4 Å². The third-order valence-electron chi connectivity index (χ3n) is 4.62. The van der Waals surface area contributed by atoms with E-state index in [0.29, 0.717) is 39.0 Å². The van der Waals surface area contributed by atoms with Crippen LogP contribution in [-0.2, 0) is 0 Å². The van der Waals surface area contributed by atoms with Gasteiger partial charge in [0.1, 0.15) is 5.52 Å². The van der Waals surface area contributed by atoms with E-state index < -0.39 is 11.2 Å². The van der Waals surface area contributed by atoms with Gasteiger partial charge in [-0.1, -0.05) is 6.07 Å². The molecular weight excluding hydrogens is 350 g/mol. The molecule has 0 amide bonds. The molecule has 0 spiro atoms. The highest BCUT2D eigenvalue weighted by atomic mass is 16.5. The van der Waals surface area contributed by atoms with Gasteiger partial charge in [0.15, 0.2) is 28.3 Å². The number of furan rings is 1. The van der Waals surface area contributed by atoms with Crippen LogP contribution in [0.25, 0.3) is 44.2 Å². The first-order valence-corrected chi connectivity index (χ1v) is 8.10. The fourth-order valence-corrected chi connectivity index (χ4v) is 3.35. The number of ether oxygens (including phenoxy) is 1. The zero-order valence-electron chi connectivity index (χ0n) is 14.0. The van der Waals surface area contributed by atoms with Gasteiger partial charge in [0.2, 0.25) is 11.2 Å². The summed E-state index contributed by atoms with van der Waals surface area (Å²) >= 11 is 0. The van der Waals surface area contributed by atoms with Crippen LogP contribution in [0.5, 0.6) is 17.2 Å². The summed E-state index contributed by atoms with van der Waals surface area (Å²) in [6.45, 7) is 0. The number of H-pyrrole nitrogens is 2. The highest BCUT2D eigenvalue weighted by molar-refractivity contribution is 6.15. The summed E-state index contributed by atoms with van der Waals surface area (Å²) in [6, 6.07) is 7.84. The molecule has 134 valence electrons. The second-order valence-electron chi connectivity index (χ2n) is 6.12. The molecule has 5 rings (SSSR count). The standard InChI is InChI=1S/C19H13N3O5/c1-26-13-5-2-8(6-12(13)24)14-10-7-20-22-19(10)21-15-9-3-4-11(23)16(25)17(9)27-18(14)15/h2-7,24-25H,1H3,(H2,20,21,22). The fraction of sp³-hybridized carbons (Fsp3) is 0.0526. The van der Waals surface area contributed by atoms with Gasteiger partial charge in [-0.3, -0.25) is 9.89 Å². The Morgan fingerprint density at radius 3 is 2.74 bits per heavy atom. The van der Waals surface area contributed by atoms with Crippen LogP contribution in [0.1, 0.15) is 0 Å². The lowest BCUT2D eigenvalue weighted by molar-refractivity contribution is 0.373. The molecule has 27 heavy (non-hydrogen) atoms. The van der Waals surface area contributed by atoms with Crippen molar-refractivity contribution in [1.82, 2.24) is 15.2 Å². The van der Waals surface area contributed by atoms with Crippen LogP contribution in [0.4, 0.5) is 0 Å². The molecule has 0 aliphatic rings. The first-order valence-electron chi connectivity index (χ1n) is 8.10. The SMILES string of the molecule is COc1ccc(-c2c3c[nH][nH]c3nc3c2oc2c(O)c(=O)ccc23)cc1O. The Bertz CT molecular complexity index is 1410. The van der Waals surface area contributed by atoms with Crippen molar-refractivity contribution in [2.24, 2.45) is 0 Å². The number of benzene rings is 2. The highest BCUT2D eigenvalue weighted by Crippen LogP contribution is 2.42. The van der Waals surface area contributed by atoms with Crippen LogP contribution >= 0.6 is 0 Å². The van der Waals surface area contributed by atoms with Crippen LogP contribution in [0.3, 0.4) is 0 Å². The van der Waals surface area contributed by atoms with Gasteiger partial charge in [-0.05, 0) is 29.8 Å². The van der Waals surface area contributed by atoms with Crippen LogP contribution in [0.2, 0.25) is 0 Å². The Morgan fingerprint density at radius 2 is 1.96 bits per heavy atom. The molecule has 0 unspecified atom stereocenters. The summed E-state index contributed by atoms with van der Waals surface area (Å²) in [7, 11) is 1.47. The highest BCUT2D eigenvalue weighted by Gasteiger charge is 2.21. The minimum atomic E-state index is -0.524. The van der Waals surface area contributed by atoms with Crippen molar-refractivity contribution in [3.63, 3.8) is 0 Å². The van der Waals surface area contributed by atoms with E-state index in [4.69, 9.17) is 9.15 Å². The maximum atomic E-state index is 11.8. The van der Waals surface area contributed by atoms with E-state index in [2.05, 4.69) is 15.2 Å². The summed E-state index contributed by atoms with van der Waals surface area (Å²) in [4.78, 5) is 16.3. The average molecular weight is 363 g/mol. The molecule has 0 aliphatic carbocycles. The summed E-state index contributed by atoms with van der Waals surface area (Å²) in [5.74, 6) is -0.128. The number of phenolic OH excluding ortho intramolecular Hbond substituents is 2. The smallest absolute Gasteiger partial charge is 0.224 e. The summed E-state index contributed by atoms with van der Waals surface area (Å²) < 4.78 is 11.0. The minimum absolute atomic E-state index is 0.0200. The molecule has 0 atom stereocenters. The van der Waals surface area contributed by atoms with Crippen molar-refractivity contribution < 1.29 is 19.4 Å². The maximum Gasteiger partial charge on any atom is 0.224 e. The zero-order valence-corrected chi connectivity index (χ0v) is 14.0. The second kappa shape index (κ2) is 5.28. The van der Waals surface area contributed by atoms with Gasteiger partial charge in [0.25, 0.3) is 0 Å². The number of phenols is 2. The maximum absolute atomic E-state index is 11.8. The van der Waals surface area contributed by atoms with Crippen LogP contribution in [0.15, 0.2) is 45.7 Å². The Balaban J connectivity index is 1.97. The van der Waals surface area contributed by atoms with E-state index in [9.17, 15) is 15.0 Å². The van der Waals surface area contributed by atoms with E-state index in [1.807, 2.05) is 0 Å². The number of nitrogens with one attached hydrogen (secondary N) is 2. The lowest BCUT2D eigenvalue weighted by Gasteiger charge is -2.08. The molecular formula is C19H13N3O5. The minimum Gasteiger partial charge on any atom is -0.504 e.